The molecule has 0 radical (unpaired) electrons. The molecule has 0 amide bonds. The Labute approximate surface area is 216 Å². The number of benzene rings is 1. The quantitative estimate of drug-likeness (QED) is 0.313. The standard InChI is InChI=1S/C26H25F4N7O/c1-38-21-6-2-5-18(27)24(21)25-19(28)7-8-22(35-25)34-23-10-20(36-9-3-4-16(31)14-36)17(12-32-23)15-11-33-37(13-15)26(29)30/h2,5-8,10-13,16,26H,3-4,9,14,31H2,1H3,(H,32,34,35)/t16-/m0/s1. The first kappa shape index (κ1) is 25.5. The van der Waals surface area contributed by atoms with Crippen molar-refractivity contribution in [1.82, 2.24) is 19.7 Å². The van der Waals surface area contributed by atoms with E-state index >= 15 is 0 Å². The zero-order chi connectivity index (χ0) is 26.8. The number of hydrogen-bond acceptors (Lipinski definition) is 7. The van der Waals surface area contributed by atoms with Crippen LogP contribution in [0.2, 0.25) is 0 Å². The zero-order valence-electron chi connectivity index (χ0n) is 20.4. The number of piperidine rings is 1. The number of nitrogens with zero attached hydrogens (tertiary/aromatic N) is 5. The van der Waals surface area contributed by atoms with Gasteiger partial charge in [-0.15, -0.1) is 0 Å². The number of pyridine rings is 2. The largest absolute Gasteiger partial charge is 0.496 e. The third kappa shape index (κ3) is 5.12. The van der Waals surface area contributed by atoms with E-state index in [1.165, 1.54) is 49.8 Å². The van der Waals surface area contributed by atoms with Gasteiger partial charge in [-0.3, -0.25) is 0 Å². The van der Waals surface area contributed by atoms with Crippen molar-refractivity contribution in [1.29, 1.82) is 0 Å². The van der Waals surface area contributed by atoms with Crippen LogP contribution in [0.25, 0.3) is 22.4 Å². The molecule has 5 rings (SSSR count). The SMILES string of the molecule is COc1cccc(F)c1-c1nc(Nc2cc(N3CCC[C@H](N)C3)c(-c3cnn(C(F)F)c3)cn2)ccc1F. The number of ether oxygens (including phenoxy) is 1. The molecule has 0 aliphatic carbocycles. The van der Waals surface area contributed by atoms with Gasteiger partial charge in [0.05, 0.1) is 18.9 Å². The highest BCUT2D eigenvalue weighted by Gasteiger charge is 2.23. The summed E-state index contributed by atoms with van der Waals surface area (Å²) in [7, 11) is 1.36. The Hall–Kier alpha value is -4.19. The molecule has 12 heteroatoms. The van der Waals surface area contributed by atoms with Gasteiger partial charge in [0.15, 0.2) is 0 Å². The van der Waals surface area contributed by atoms with Crippen LogP contribution in [0.3, 0.4) is 0 Å². The zero-order valence-corrected chi connectivity index (χ0v) is 20.4. The summed E-state index contributed by atoms with van der Waals surface area (Å²) in [5.74, 6) is -0.665. The van der Waals surface area contributed by atoms with E-state index < -0.39 is 18.2 Å². The highest BCUT2D eigenvalue weighted by Crippen LogP contribution is 2.36. The van der Waals surface area contributed by atoms with Crippen LogP contribution in [0.5, 0.6) is 5.75 Å². The Morgan fingerprint density at radius 1 is 1.11 bits per heavy atom. The van der Waals surface area contributed by atoms with Gasteiger partial charge < -0.3 is 20.7 Å². The lowest BCUT2D eigenvalue weighted by Crippen LogP contribution is -2.43. The van der Waals surface area contributed by atoms with E-state index in [0.717, 1.165) is 25.1 Å². The molecule has 3 N–H and O–H groups in total. The van der Waals surface area contributed by atoms with E-state index in [2.05, 4.69) is 25.3 Å². The fourth-order valence-corrected chi connectivity index (χ4v) is 4.53. The molecule has 8 nitrogen and oxygen atoms in total. The predicted molar refractivity (Wildman–Crippen MR) is 136 cm³/mol. The molecule has 0 unspecified atom stereocenters. The van der Waals surface area contributed by atoms with Crippen molar-refractivity contribution in [2.45, 2.75) is 25.4 Å². The smallest absolute Gasteiger partial charge is 0.333 e. The van der Waals surface area contributed by atoms with Crippen LogP contribution in [0.1, 0.15) is 19.4 Å². The van der Waals surface area contributed by atoms with Gasteiger partial charge in [0.2, 0.25) is 0 Å². The van der Waals surface area contributed by atoms with Gasteiger partial charge in [0.1, 0.15) is 34.7 Å². The third-order valence-electron chi connectivity index (χ3n) is 6.33. The van der Waals surface area contributed by atoms with Crippen LogP contribution >= 0.6 is 0 Å². The van der Waals surface area contributed by atoms with Crippen molar-refractivity contribution < 1.29 is 22.3 Å². The van der Waals surface area contributed by atoms with E-state index in [4.69, 9.17) is 10.5 Å². The number of nitrogens with two attached hydrogens (primary N) is 1. The fraction of sp³-hybridized carbons (Fsp3) is 0.269. The molecule has 4 heterocycles. The number of aromatic nitrogens is 4. The Bertz CT molecular complexity index is 1450. The van der Waals surface area contributed by atoms with Crippen molar-refractivity contribution in [2.24, 2.45) is 5.73 Å². The van der Waals surface area contributed by atoms with Gasteiger partial charge >= 0.3 is 6.55 Å². The minimum absolute atomic E-state index is 0.0398. The van der Waals surface area contributed by atoms with Crippen LogP contribution in [-0.2, 0) is 0 Å². The monoisotopic (exact) mass is 527 g/mol. The molecular formula is C26H25F4N7O. The van der Waals surface area contributed by atoms with Gasteiger partial charge in [-0.1, -0.05) is 6.07 Å². The topological polar surface area (TPSA) is 94.1 Å². The summed E-state index contributed by atoms with van der Waals surface area (Å²) in [5.41, 5.74) is 7.70. The van der Waals surface area contributed by atoms with Crippen LogP contribution < -0.4 is 20.7 Å². The summed E-state index contributed by atoms with van der Waals surface area (Å²) in [6.45, 7) is -1.47. The maximum absolute atomic E-state index is 14.7. The Morgan fingerprint density at radius 2 is 1.95 bits per heavy atom. The number of rotatable bonds is 7. The van der Waals surface area contributed by atoms with Gasteiger partial charge in [0, 0.05) is 54.4 Å². The highest BCUT2D eigenvalue weighted by atomic mass is 19.3. The average molecular weight is 528 g/mol. The molecule has 198 valence electrons. The molecule has 1 aliphatic heterocycles. The fourth-order valence-electron chi connectivity index (χ4n) is 4.53. The minimum atomic E-state index is -2.77. The number of alkyl halides is 2. The first-order chi connectivity index (χ1) is 18.3. The van der Waals surface area contributed by atoms with Crippen LogP contribution in [0, 0.1) is 11.6 Å². The van der Waals surface area contributed by atoms with Gasteiger partial charge in [-0.25, -0.2) is 23.4 Å². The molecule has 1 atom stereocenters. The van der Waals surface area contributed by atoms with Crippen molar-refractivity contribution in [3.8, 4) is 28.1 Å². The summed E-state index contributed by atoms with van der Waals surface area (Å²) in [6, 6.07) is 8.47. The third-order valence-corrected chi connectivity index (χ3v) is 6.33. The summed E-state index contributed by atoms with van der Waals surface area (Å²) in [6.07, 6.45) is 5.93. The van der Waals surface area contributed by atoms with E-state index in [0.29, 0.717) is 28.2 Å². The molecule has 0 spiro atoms. The van der Waals surface area contributed by atoms with Crippen molar-refractivity contribution in [3.05, 3.63) is 66.6 Å². The average Bonchev–Trinajstić information content (AvgIpc) is 3.40. The molecule has 38 heavy (non-hydrogen) atoms. The van der Waals surface area contributed by atoms with E-state index in [1.54, 1.807) is 12.3 Å². The van der Waals surface area contributed by atoms with Crippen LogP contribution in [-0.4, -0.2) is 46.0 Å². The summed E-state index contributed by atoms with van der Waals surface area (Å²) >= 11 is 0. The maximum atomic E-state index is 14.7. The lowest BCUT2D eigenvalue weighted by molar-refractivity contribution is 0.0566. The van der Waals surface area contributed by atoms with Crippen molar-refractivity contribution >= 4 is 17.3 Å². The lowest BCUT2D eigenvalue weighted by atomic mass is 10.0. The van der Waals surface area contributed by atoms with Crippen molar-refractivity contribution in [2.75, 3.05) is 30.4 Å². The Balaban J connectivity index is 1.52. The van der Waals surface area contributed by atoms with Crippen molar-refractivity contribution in [3.63, 3.8) is 0 Å². The van der Waals surface area contributed by atoms with Gasteiger partial charge in [0.25, 0.3) is 0 Å². The predicted octanol–water partition coefficient (Wildman–Crippen LogP) is 5.36. The van der Waals surface area contributed by atoms with Crippen LogP contribution in [0.4, 0.5) is 34.9 Å². The second-order valence-corrected chi connectivity index (χ2v) is 8.89. The molecule has 1 fully saturated rings. The Kier molecular flexibility index (Phi) is 7.14. The second kappa shape index (κ2) is 10.7. The van der Waals surface area contributed by atoms with E-state index in [9.17, 15) is 17.6 Å². The number of anilines is 3. The van der Waals surface area contributed by atoms with Crippen LogP contribution in [0.15, 0.2) is 55.0 Å². The normalized spacial score (nSPS) is 15.7. The maximum Gasteiger partial charge on any atom is 0.333 e. The molecule has 3 aromatic heterocycles. The molecule has 1 saturated heterocycles. The second-order valence-electron chi connectivity index (χ2n) is 8.89. The first-order valence-corrected chi connectivity index (χ1v) is 11.9. The molecule has 4 aromatic rings. The minimum Gasteiger partial charge on any atom is -0.496 e. The van der Waals surface area contributed by atoms with Gasteiger partial charge in [-0.05, 0) is 37.1 Å². The molecule has 0 bridgehead atoms. The molecule has 1 aromatic carbocycles. The number of nitrogens with one attached hydrogen (secondary N) is 1. The lowest BCUT2D eigenvalue weighted by Gasteiger charge is -2.34. The van der Waals surface area contributed by atoms with E-state index in [-0.39, 0.29) is 28.9 Å². The first-order valence-electron chi connectivity index (χ1n) is 11.9. The number of hydrogen-bond donors (Lipinski definition) is 2. The molecule has 1 aliphatic rings. The molecular weight excluding hydrogens is 502 g/mol. The molecule has 0 saturated carbocycles. The summed E-state index contributed by atoms with van der Waals surface area (Å²) in [4.78, 5) is 10.8. The highest BCUT2D eigenvalue weighted by molar-refractivity contribution is 5.80. The number of methoxy groups -OCH3 is 1. The number of halogens is 4. The van der Waals surface area contributed by atoms with Gasteiger partial charge in [-0.2, -0.15) is 13.9 Å². The van der Waals surface area contributed by atoms with E-state index in [1.807, 2.05) is 0 Å². The summed E-state index contributed by atoms with van der Waals surface area (Å²) in [5, 5.41) is 6.79. The summed E-state index contributed by atoms with van der Waals surface area (Å²) < 4.78 is 61.4. The Morgan fingerprint density at radius 3 is 2.68 bits per heavy atom.